The van der Waals surface area contributed by atoms with Crippen LogP contribution in [-0.4, -0.2) is 103 Å². The number of phosphoric ester groups is 1. The van der Waals surface area contributed by atoms with Crippen LogP contribution in [-0.2, 0) is 37.5 Å². The third-order valence-corrected chi connectivity index (χ3v) is 11.1. The standard InChI is InChI=1S/C48H80NO11P/c1-6-8-10-11-12-13-14-15-16-17-18-19-20-21-22-23-28-32-47(53)57-39-42(40-59-61(55,56)58-37-36-49(3,4)5)60-48(54)33-29-25-24-27-31-43-44(46(52)38-45(43)51)35-34-41(50)30-26-9-7-2/h8,10,12-13,15-16,18-19,24,27,34-35,41-45,50-51H,6-7,9,11,14,17,20-23,25-26,28-33,36-40H2,1-5H3/p+1/b10-8-,13-12-,16-15-,19-18-,27-24-,35-34+/t41-,42+,43+,44+,45-/m0/s1. The lowest BCUT2D eigenvalue weighted by Crippen LogP contribution is -2.37. The van der Waals surface area contributed by atoms with E-state index in [1.54, 1.807) is 12.2 Å². The van der Waals surface area contributed by atoms with Gasteiger partial charge in [0.25, 0.3) is 0 Å². The minimum absolute atomic E-state index is 0.0245. The Hall–Kier alpha value is -2.96. The molecule has 1 saturated carbocycles. The number of phosphoric acid groups is 1. The number of hydrogen-bond donors (Lipinski definition) is 3. The Morgan fingerprint density at radius 3 is 2.08 bits per heavy atom. The lowest BCUT2D eigenvalue weighted by Gasteiger charge is -2.24. The molecule has 0 spiro atoms. The van der Waals surface area contributed by atoms with Crippen molar-refractivity contribution in [2.24, 2.45) is 11.8 Å². The van der Waals surface area contributed by atoms with Crippen molar-refractivity contribution in [3.63, 3.8) is 0 Å². The van der Waals surface area contributed by atoms with Crippen LogP contribution in [0.4, 0.5) is 0 Å². The zero-order valence-electron chi connectivity index (χ0n) is 38.1. The number of allylic oxidation sites excluding steroid dienone is 11. The van der Waals surface area contributed by atoms with Crippen LogP contribution in [0, 0.1) is 11.8 Å². The van der Waals surface area contributed by atoms with Crippen LogP contribution >= 0.6 is 7.82 Å². The molecule has 3 N–H and O–H groups in total. The van der Waals surface area contributed by atoms with E-state index in [0.717, 1.165) is 70.6 Å². The molecule has 0 aromatic heterocycles. The van der Waals surface area contributed by atoms with Gasteiger partial charge in [-0.2, -0.15) is 0 Å². The number of likely N-dealkylation sites (N-methyl/N-ethyl adjacent to an activating group) is 1. The van der Waals surface area contributed by atoms with Crippen LogP contribution in [0.25, 0.3) is 0 Å². The van der Waals surface area contributed by atoms with E-state index in [1.165, 1.54) is 0 Å². The number of ether oxygens (including phenoxy) is 2. The van der Waals surface area contributed by atoms with Gasteiger partial charge in [0, 0.05) is 31.1 Å². The maximum Gasteiger partial charge on any atom is 0.472 e. The Morgan fingerprint density at radius 1 is 0.787 bits per heavy atom. The van der Waals surface area contributed by atoms with Crippen molar-refractivity contribution in [3.05, 3.63) is 72.9 Å². The van der Waals surface area contributed by atoms with E-state index in [0.29, 0.717) is 43.1 Å². The van der Waals surface area contributed by atoms with Gasteiger partial charge in [0.15, 0.2) is 6.10 Å². The molecule has 348 valence electrons. The van der Waals surface area contributed by atoms with Gasteiger partial charge in [-0.05, 0) is 70.6 Å². The number of carbonyl (C=O) groups excluding carboxylic acids is 3. The van der Waals surface area contributed by atoms with E-state index in [4.69, 9.17) is 18.5 Å². The molecule has 0 aromatic rings. The van der Waals surface area contributed by atoms with Crippen molar-refractivity contribution in [1.82, 2.24) is 0 Å². The molecule has 0 amide bonds. The third kappa shape index (κ3) is 31.5. The van der Waals surface area contributed by atoms with Gasteiger partial charge in [-0.25, -0.2) is 4.57 Å². The van der Waals surface area contributed by atoms with E-state index in [9.17, 15) is 34.1 Å². The number of carbonyl (C=O) groups is 3. The molecule has 6 atom stereocenters. The fourth-order valence-corrected chi connectivity index (χ4v) is 7.20. The summed E-state index contributed by atoms with van der Waals surface area (Å²) in [6.07, 6.45) is 36.0. The number of ketones is 1. The minimum atomic E-state index is -4.46. The first-order valence-electron chi connectivity index (χ1n) is 22.8. The van der Waals surface area contributed by atoms with Crippen LogP contribution in [0.1, 0.15) is 136 Å². The zero-order chi connectivity index (χ0) is 45.2. The van der Waals surface area contributed by atoms with Crippen molar-refractivity contribution in [1.29, 1.82) is 0 Å². The largest absolute Gasteiger partial charge is 0.472 e. The lowest BCUT2D eigenvalue weighted by molar-refractivity contribution is -0.870. The third-order valence-electron chi connectivity index (χ3n) is 10.1. The summed E-state index contributed by atoms with van der Waals surface area (Å²) in [7, 11) is 1.29. The smallest absolute Gasteiger partial charge is 0.462 e. The summed E-state index contributed by atoms with van der Waals surface area (Å²) in [5.74, 6) is -1.80. The molecule has 1 aliphatic rings. The molecule has 12 nitrogen and oxygen atoms in total. The molecular formula is C48H81NO11P+. The molecule has 0 bridgehead atoms. The van der Waals surface area contributed by atoms with Gasteiger partial charge in [-0.1, -0.05) is 119 Å². The van der Waals surface area contributed by atoms with Crippen LogP contribution in [0.5, 0.6) is 0 Å². The van der Waals surface area contributed by atoms with Gasteiger partial charge < -0.3 is 29.1 Å². The Bertz CT molecular complexity index is 1430. The molecular weight excluding hydrogens is 797 g/mol. The number of quaternary nitrogens is 1. The molecule has 0 aromatic carbocycles. The summed E-state index contributed by atoms with van der Waals surface area (Å²) in [4.78, 5) is 48.1. The SMILES string of the molecule is CC/C=C\C/C=C\C/C=C\C/C=C\CCCCCCC(=O)OC[C@H](COP(=O)(O)OCC[N+](C)(C)C)OC(=O)CCC/C=C\C[C@H]1[C@@H](O)CC(=O)[C@@H]1/C=C/[C@@H](O)CCCCC. The average Bonchev–Trinajstić information content (AvgIpc) is 3.47. The second-order valence-electron chi connectivity index (χ2n) is 16.8. The van der Waals surface area contributed by atoms with E-state index in [-0.39, 0.29) is 44.2 Å². The molecule has 1 fully saturated rings. The predicted molar refractivity (Wildman–Crippen MR) is 243 cm³/mol. The number of aliphatic hydroxyl groups excluding tert-OH is 2. The highest BCUT2D eigenvalue weighted by molar-refractivity contribution is 7.47. The van der Waals surface area contributed by atoms with Gasteiger partial charge >= 0.3 is 19.8 Å². The second kappa shape index (κ2) is 34.5. The molecule has 0 saturated heterocycles. The molecule has 0 radical (unpaired) electrons. The first-order valence-corrected chi connectivity index (χ1v) is 24.3. The fourth-order valence-electron chi connectivity index (χ4n) is 6.45. The fraction of sp³-hybridized carbons (Fsp3) is 0.688. The first kappa shape index (κ1) is 56.1. The van der Waals surface area contributed by atoms with Crippen LogP contribution in [0.2, 0.25) is 0 Å². The van der Waals surface area contributed by atoms with E-state index < -0.39 is 50.6 Å². The predicted octanol–water partition coefficient (Wildman–Crippen LogP) is 9.61. The summed E-state index contributed by atoms with van der Waals surface area (Å²) in [5.41, 5.74) is 0. The molecule has 1 unspecified atom stereocenters. The van der Waals surface area contributed by atoms with Gasteiger partial charge in [-0.15, -0.1) is 0 Å². The molecule has 1 rings (SSSR count). The van der Waals surface area contributed by atoms with Crippen molar-refractivity contribution in [3.8, 4) is 0 Å². The van der Waals surface area contributed by atoms with E-state index >= 15 is 0 Å². The number of esters is 2. The number of aliphatic hydroxyl groups is 2. The van der Waals surface area contributed by atoms with Gasteiger partial charge in [-0.3, -0.25) is 23.4 Å². The van der Waals surface area contributed by atoms with Crippen molar-refractivity contribution < 1.29 is 57.1 Å². The molecule has 61 heavy (non-hydrogen) atoms. The maximum atomic E-state index is 12.8. The Kier molecular flexibility index (Phi) is 31.7. The van der Waals surface area contributed by atoms with Crippen molar-refractivity contribution in [2.45, 2.75) is 154 Å². The monoisotopic (exact) mass is 879 g/mol. The molecule has 1 aliphatic carbocycles. The van der Waals surface area contributed by atoms with Crippen molar-refractivity contribution in [2.75, 3.05) is 47.5 Å². The highest BCUT2D eigenvalue weighted by atomic mass is 31.2. The topological polar surface area (TPSA) is 166 Å². The molecule has 0 aliphatic heterocycles. The number of rotatable bonds is 36. The number of unbranched alkanes of at least 4 members (excludes halogenated alkanes) is 7. The number of nitrogens with zero attached hydrogens (tertiary/aromatic N) is 1. The lowest BCUT2D eigenvalue weighted by atomic mass is 9.90. The summed E-state index contributed by atoms with van der Waals surface area (Å²) in [5, 5.41) is 20.8. The van der Waals surface area contributed by atoms with E-state index in [2.05, 4.69) is 62.5 Å². The van der Waals surface area contributed by atoms with Crippen molar-refractivity contribution >= 4 is 25.5 Å². The van der Waals surface area contributed by atoms with E-state index in [1.807, 2.05) is 33.3 Å². The first-order chi connectivity index (χ1) is 29.2. The van der Waals surface area contributed by atoms with Crippen LogP contribution in [0.15, 0.2) is 72.9 Å². The summed E-state index contributed by atoms with van der Waals surface area (Å²) < 4.78 is 34.2. The van der Waals surface area contributed by atoms with Crippen LogP contribution < -0.4 is 0 Å². The molecule has 13 heteroatoms. The minimum Gasteiger partial charge on any atom is -0.462 e. The maximum absolute atomic E-state index is 12.8. The highest BCUT2D eigenvalue weighted by Gasteiger charge is 2.39. The Balaban J connectivity index is 2.52. The van der Waals surface area contributed by atoms with Gasteiger partial charge in [0.05, 0.1) is 40.0 Å². The van der Waals surface area contributed by atoms with Crippen LogP contribution in [0.3, 0.4) is 0 Å². The normalized spacial score (nSPS) is 19.7. The number of Topliss-reactive ketones (excluding diaryl/α,β-unsaturated/α-hetero) is 1. The number of hydrogen-bond acceptors (Lipinski definition) is 10. The highest BCUT2D eigenvalue weighted by Crippen LogP contribution is 2.43. The Labute approximate surface area is 368 Å². The van der Waals surface area contributed by atoms with Gasteiger partial charge in [0.2, 0.25) is 0 Å². The Morgan fingerprint density at radius 2 is 1.41 bits per heavy atom. The average molecular weight is 879 g/mol. The molecule has 0 heterocycles. The summed E-state index contributed by atoms with van der Waals surface area (Å²) in [6.45, 7) is 3.84. The quantitative estimate of drug-likeness (QED) is 0.0180. The summed E-state index contributed by atoms with van der Waals surface area (Å²) in [6, 6.07) is 0. The van der Waals surface area contributed by atoms with Gasteiger partial charge in [0.1, 0.15) is 25.5 Å². The zero-order valence-corrected chi connectivity index (χ0v) is 39.0. The second-order valence-corrected chi connectivity index (χ2v) is 18.3. The summed E-state index contributed by atoms with van der Waals surface area (Å²) >= 11 is 0.